The molecular weight excluding hydrogens is 200 g/mol. The maximum absolute atomic E-state index is 5.97. The molecule has 0 saturated heterocycles. The summed E-state index contributed by atoms with van der Waals surface area (Å²) >= 11 is 5.97. The molecule has 0 aromatic carbocycles. The van der Waals surface area contributed by atoms with Crippen LogP contribution in [-0.4, -0.2) is 22.7 Å². The molecule has 0 amide bonds. The van der Waals surface area contributed by atoms with Gasteiger partial charge in [-0.05, 0) is 20.8 Å². The lowest BCUT2D eigenvalue weighted by Crippen LogP contribution is -2.13. The van der Waals surface area contributed by atoms with Crippen molar-refractivity contribution in [2.45, 2.75) is 33.3 Å². The van der Waals surface area contributed by atoms with Crippen LogP contribution < -0.4 is 0 Å². The standard InChI is InChI=1S/C10H15ClN2O/c1-4-14-7(2)5-9-8(3)12-6-13-10(9)11/h6-7H,4-5H2,1-3H3. The predicted octanol–water partition coefficient (Wildman–Crippen LogP) is 2.41. The van der Waals surface area contributed by atoms with Crippen LogP contribution >= 0.6 is 11.6 Å². The molecule has 0 spiro atoms. The summed E-state index contributed by atoms with van der Waals surface area (Å²) in [5, 5.41) is 0.532. The molecule has 14 heavy (non-hydrogen) atoms. The predicted molar refractivity (Wildman–Crippen MR) is 56.6 cm³/mol. The fraction of sp³-hybridized carbons (Fsp3) is 0.600. The van der Waals surface area contributed by atoms with Crippen LogP contribution in [0.15, 0.2) is 6.33 Å². The second-order valence-corrected chi connectivity index (χ2v) is 3.56. The lowest BCUT2D eigenvalue weighted by atomic mass is 10.1. The number of nitrogens with zero attached hydrogens (tertiary/aromatic N) is 2. The zero-order valence-corrected chi connectivity index (χ0v) is 9.51. The molecule has 1 aromatic rings. The van der Waals surface area contributed by atoms with E-state index in [1.807, 2.05) is 20.8 Å². The second-order valence-electron chi connectivity index (χ2n) is 3.20. The van der Waals surface area contributed by atoms with Crippen LogP contribution in [-0.2, 0) is 11.2 Å². The summed E-state index contributed by atoms with van der Waals surface area (Å²) in [7, 11) is 0. The molecule has 1 atom stereocenters. The SMILES string of the molecule is CCOC(C)Cc1c(C)ncnc1Cl. The molecule has 1 aromatic heterocycles. The molecule has 0 radical (unpaired) electrons. The summed E-state index contributed by atoms with van der Waals surface area (Å²) in [6.45, 7) is 6.64. The number of aryl methyl sites for hydroxylation is 1. The molecule has 3 nitrogen and oxygen atoms in total. The maximum atomic E-state index is 5.97. The average Bonchev–Trinajstić information content (AvgIpc) is 2.12. The van der Waals surface area contributed by atoms with E-state index < -0.39 is 0 Å². The van der Waals surface area contributed by atoms with Crippen molar-refractivity contribution in [3.8, 4) is 0 Å². The number of hydrogen-bond donors (Lipinski definition) is 0. The van der Waals surface area contributed by atoms with E-state index in [4.69, 9.17) is 16.3 Å². The van der Waals surface area contributed by atoms with E-state index in [2.05, 4.69) is 9.97 Å². The van der Waals surface area contributed by atoms with Crippen molar-refractivity contribution in [3.05, 3.63) is 22.7 Å². The minimum absolute atomic E-state index is 0.155. The molecule has 0 saturated carbocycles. The van der Waals surface area contributed by atoms with Gasteiger partial charge in [0.15, 0.2) is 0 Å². The highest BCUT2D eigenvalue weighted by Gasteiger charge is 2.10. The van der Waals surface area contributed by atoms with E-state index in [9.17, 15) is 0 Å². The molecule has 78 valence electrons. The Hall–Kier alpha value is -0.670. The molecular formula is C10H15ClN2O. The molecule has 4 heteroatoms. The van der Waals surface area contributed by atoms with Crippen molar-refractivity contribution in [1.29, 1.82) is 0 Å². The first-order valence-corrected chi connectivity index (χ1v) is 5.10. The Bertz CT molecular complexity index is 284. The van der Waals surface area contributed by atoms with Crippen LogP contribution in [0.3, 0.4) is 0 Å². The zero-order valence-electron chi connectivity index (χ0n) is 8.75. The molecule has 0 N–H and O–H groups in total. The first-order chi connectivity index (χ1) is 6.65. The minimum atomic E-state index is 0.155. The third-order valence-electron chi connectivity index (χ3n) is 2.05. The van der Waals surface area contributed by atoms with Gasteiger partial charge < -0.3 is 4.74 Å². The fourth-order valence-corrected chi connectivity index (χ4v) is 1.59. The Balaban J connectivity index is 2.75. The number of ether oxygens (including phenoxy) is 1. The van der Waals surface area contributed by atoms with Gasteiger partial charge >= 0.3 is 0 Å². The summed E-state index contributed by atoms with van der Waals surface area (Å²) in [5.41, 5.74) is 1.91. The Labute approximate surface area is 89.5 Å². The van der Waals surface area contributed by atoms with Gasteiger partial charge in [-0.1, -0.05) is 11.6 Å². The molecule has 1 heterocycles. The van der Waals surface area contributed by atoms with E-state index in [1.165, 1.54) is 6.33 Å². The number of rotatable bonds is 4. The molecule has 0 fully saturated rings. The van der Waals surface area contributed by atoms with Gasteiger partial charge in [0.2, 0.25) is 0 Å². The number of aromatic nitrogens is 2. The lowest BCUT2D eigenvalue weighted by Gasteiger charge is -2.13. The number of hydrogen-bond acceptors (Lipinski definition) is 3. The van der Waals surface area contributed by atoms with E-state index in [-0.39, 0.29) is 6.10 Å². The molecule has 1 unspecified atom stereocenters. The van der Waals surface area contributed by atoms with E-state index in [1.54, 1.807) is 0 Å². The minimum Gasteiger partial charge on any atom is -0.378 e. The second kappa shape index (κ2) is 5.27. The highest BCUT2D eigenvalue weighted by Crippen LogP contribution is 2.17. The van der Waals surface area contributed by atoms with Crippen molar-refractivity contribution in [3.63, 3.8) is 0 Å². The monoisotopic (exact) mass is 214 g/mol. The van der Waals surface area contributed by atoms with Gasteiger partial charge in [-0.25, -0.2) is 9.97 Å². The van der Waals surface area contributed by atoms with Crippen LogP contribution in [0.2, 0.25) is 5.15 Å². The molecule has 0 aliphatic heterocycles. The van der Waals surface area contributed by atoms with E-state index in [0.717, 1.165) is 17.7 Å². The van der Waals surface area contributed by atoms with Gasteiger partial charge in [0, 0.05) is 24.3 Å². The van der Waals surface area contributed by atoms with Gasteiger partial charge in [0.05, 0.1) is 6.10 Å². The van der Waals surface area contributed by atoms with Crippen molar-refractivity contribution in [2.24, 2.45) is 0 Å². The fourth-order valence-electron chi connectivity index (χ4n) is 1.33. The first kappa shape index (κ1) is 11.4. The van der Waals surface area contributed by atoms with Crippen molar-refractivity contribution in [2.75, 3.05) is 6.61 Å². The average molecular weight is 215 g/mol. The van der Waals surface area contributed by atoms with Crippen molar-refractivity contribution < 1.29 is 4.74 Å². The largest absolute Gasteiger partial charge is 0.378 e. The first-order valence-electron chi connectivity index (χ1n) is 4.72. The molecule has 0 aliphatic carbocycles. The van der Waals surface area contributed by atoms with Gasteiger partial charge in [-0.3, -0.25) is 0 Å². The summed E-state index contributed by atoms with van der Waals surface area (Å²) < 4.78 is 5.44. The van der Waals surface area contributed by atoms with Crippen LogP contribution in [0.4, 0.5) is 0 Å². The molecule has 0 bridgehead atoms. The van der Waals surface area contributed by atoms with Crippen LogP contribution in [0.25, 0.3) is 0 Å². The summed E-state index contributed by atoms with van der Waals surface area (Å²) in [5.74, 6) is 0. The Kier molecular flexibility index (Phi) is 4.29. The quantitative estimate of drug-likeness (QED) is 0.722. The summed E-state index contributed by atoms with van der Waals surface area (Å²) in [4.78, 5) is 8.05. The third-order valence-corrected chi connectivity index (χ3v) is 2.38. The Morgan fingerprint density at radius 1 is 1.50 bits per heavy atom. The topological polar surface area (TPSA) is 35.0 Å². The van der Waals surface area contributed by atoms with E-state index >= 15 is 0 Å². The third kappa shape index (κ3) is 2.93. The zero-order chi connectivity index (χ0) is 10.6. The highest BCUT2D eigenvalue weighted by molar-refractivity contribution is 6.30. The van der Waals surface area contributed by atoms with Gasteiger partial charge in [0.1, 0.15) is 11.5 Å². The van der Waals surface area contributed by atoms with Crippen LogP contribution in [0, 0.1) is 6.92 Å². The normalized spacial score (nSPS) is 12.9. The van der Waals surface area contributed by atoms with Gasteiger partial charge in [0.25, 0.3) is 0 Å². The van der Waals surface area contributed by atoms with E-state index in [0.29, 0.717) is 11.8 Å². The van der Waals surface area contributed by atoms with Crippen molar-refractivity contribution in [1.82, 2.24) is 9.97 Å². The number of halogens is 1. The van der Waals surface area contributed by atoms with Crippen LogP contribution in [0.5, 0.6) is 0 Å². The van der Waals surface area contributed by atoms with Crippen molar-refractivity contribution >= 4 is 11.6 Å². The molecule has 1 rings (SSSR count). The Morgan fingerprint density at radius 3 is 2.79 bits per heavy atom. The highest BCUT2D eigenvalue weighted by atomic mass is 35.5. The lowest BCUT2D eigenvalue weighted by molar-refractivity contribution is 0.0766. The summed E-state index contributed by atoms with van der Waals surface area (Å²) in [6, 6.07) is 0. The maximum Gasteiger partial charge on any atom is 0.135 e. The summed E-state index contributed by atoms with van der Waals surface area (Å²) in [6.07, 6.45) is 2.40. The smallest absolute Gasteiger partial charge is 0.135 e. The Morgan fingerprint density at radius 2 is 2.21 bits per heavy atom. The van der Waals surface area contributed by atoms with Crippen LogP contribution in [0.1, 0.15) is 25.1 Å². The van der Waals surface area contributed by atoms with Gasteiger partial charge in [-0.2, -0.15) is 0 Å². The molecule has 0 aliphatic rings. The van der Waals surface area contributed by atoms with Gasteiger partial charge in [-0.15, -0.1) is 0 Å².